The highest BCUT2D eigenvalue weighted by Gasteiger charge is 2.38. The summed E-state index contributed by atoms with van der Waals surface area (Å²) in [7, 11) is 0. The van der Waals surface area contributed by atoms with E-state index in [0.717, 1.165) is 32.2 Å². The van der Waals surface area contributed by atoms with Gasteiger partial charge >= 0.3 is 0 Å². The fourth-order valence-corrected chi connectivity index (χ4v) is 4.69. The van der Waals surface area contributed by atoms with Crippen LogP contribution in [0.3, 0.4) is 0 Å². The number of anilines is 1. The summed E-state index contributed by atoms with van der Waals surface area (Å²) in [5.41, 5.74) is 3.53. The maximum absolute atomic E-state index is 13.2. The Kier molecular flexibility index (Phi) is 5.20. The summed E-state index contributed by atoms with van der Waals surface area (Å²) >= 11 is 0. The molecule has 5 rings (SSSR count). The Labute approximate surface area is 176 Å². The maximum atomic E-state index is 13.2. The van der Waals surface area contributed by atoms with Gasteiger partial charge in [-0.3, -0.25) is 14.7 Å². The SMILES string of the molecule is O=C(Nc1ccccc1Oc1cccnc1)C1CCCN1C1Cc2ccccc2C1. The summed E-state index contributed by atoms with van der Waals surface area (Å²) in [4.78, 5) is 19.7. The molecule has 1 saturated heterocycles. The van der Waals surface area contributed by atoms with Crippen molar-refractivity contribution in [2.24, 2.45) is 0 Å². The van der Waals surface area contributed by atoms with Crippen LogP contribution in [0.1, 0.15) is 24.0 Å². The number of hydrogen-bond acceptors (Lipinski definition) is 4. The minimum Gasteiger partial charge on any atom is -0.454 e. The van der Waals surface area contributed by atoms with Crippen molar-refractivity contribution in [2.75, 3.05) is 11.9 Å². The molecule has 5 nitrogen and oxygen atoms in total. The number of para-hydroxylation sites is 2. The first-order valence-corrected chi connectivity index (χ1v) is 10.6. The van der Waals surface area contributed by atoms with E-state index < -0.39 is 0 Å². The van der Waals surface area contributed by atoms with Crippen molar-refractivity contribution in [3.8, 4) is 11.5 Å². The van der Waals surface area contributed by atoms with Crippen LogP contribution in [0.25, 0.3) is 0 Å². The molecule has 1 fully saturated rings. The van der Waals surface area contributed by atoms with Crippen LogP contribution in [-0.4, -0.2) is 34.4 Å². The minimum absolute atomic E-state index is 0.0469. The molecule has 0 bridgehead atoms. The van der Waals surface area contributed by atoms with Gasteiger partial charge in [0.05, 0.1) is 17.9 Å². The lowest BCUT2D eigenvalue weighted by atomic mass is 10.1. The number of likely N-dealkylation sites (tertiary alicyclic amines) is 1. The molecule has 1 aliphatic heterocycles. The van der Waals surface area contributed by atoms with Crippen LogP contribution in [0.2, 0.25) is 0 Å². The number of aromatic nitrogens is 1. The number of ether oxygens (including phenoxy) is 1. The maximum Gasteiger partial charge on any atom is 0.241 e. The first-order chi connectivity index (χ1) is 14.8. The average Bonchev–Trinajstić information content (AvgIpc) is 3.43. The summed E-state index contributed by atoms with van der Waals surface area (Å²) in [5.74, 6) is 1.31. The van der Waals surface area contributed by atoms with Crippen LogP contribution < -0.4 is 10.1 Å². The van der Waals surface area contributed by atoms with Crippen molar-refractivity contribution in [3.05, 3.63) is 84.2 Å². The average molecular weight is 399 g/mol. The van der Waals surface area contributed by atoms with Crippen LogP contribution in [0, 0.1) is 0 Å². The van der Waals surface area contributed by atoms with Gasteiger partial charge in [-0.05, 0) is 67.6 Å². The number of nitrogens with zero attached hydrogens (tertiary/aromatic N) is 2. The Balaban J connectivity index is 1.30. The van der Waals surface area contributed by atoms with Gasteiger partial charge in [0.1, 0.15) is 5.75 Å². The van der Waals surface area contributed by atoms with Gasteiger partial charge in [-0.2, -0.15) is 0 Å². The number of rotatable bonds is 5. The van der Waals surface area contributed by atoms with Crippen molar-refractivity contribution < 1.29 is 9.53 Å². The van der Waals surface area contributed by atoms with Crippen molar-refractivity contribution in [3.63, 3.8) is 0 Å². The molecule has 1 aromatic heterocycles. The second kappa shape index (κ2) is 8.28. The zero-order valence-corrected chi connectivity index (χ0v) is 16.8. The smallest absolute Gasteiger partial charge is 0.241 e. The molecule has 30 heavy (non-hydrogen) atoms. The number of pyridine rings is 1. The standard InChI is InChI=1S/C25H25N3O2/c29-25(27-22-10-3-4-12-24(22)30-21-9-5-13-26-17-21)23-11-6-14-28(23)20-15-18-7-1-2-8-19(18)16-20/h1-5,7-10,12-13,17,20,23H,6,11,14-16H2,(H,27,29). The zero-order valence-electron chi connectivity index (χ0n) is 16.8. The molecule has 2 aliphatic rings. The minimum atomic E-state index is -0.101. The van der Waals surface area contributed by atoms with Gasteiger partial charge in [0.25, 0.3) is 0 Å². The quantitative estimate of drug-likeness (QED) is 0.689. The lowest BCUT2D eigenvalue weighted by molar-refractivity contribution is -0.121. The molecule has 152 valence electrons. The Bertz CT molecular complexity index is 1010. The van der Waals surface area contributed by atoms with Crippen LogP contribution in [0.4, 0.5) is 5.69 Å². The van der Waals surface area contributed by atoms with Gasteiger partial charge in [0, 0.05) is 12.2 Å². The molecule has 1 amide bonds. The van der Waals surface area contributed by atoms with E-state index in [1.165, 1.54) is 11.1 Å². The number of fused-ring (bicyclic) bond motifs is 1. The second-order valence-electron chi connectivity index (χ2n) is 8.00. The summed E-state index contributed by atoms with van der Waals surface area (Å²) in [6.07, 6.45) is 7.37. The highest BCUT2D eigenvalue weighted by Crippen LogP contribution is 2.33. The lowest BCUT2D eigenvalue weighted by Gasteiger charge is -2.29. The molecule has 1 N–H and O–H groups in total. The molecule has 0 spiro atoms. The fraction of sp³-hybridized carbons (Fsp3) is 0.280. The predicted octanol–water partition coefficient (Wildman–Crippen LogP) is 4.44. The van der Waals surface area contributed by atoms with Crippen LogP contribution in [0.5, 0.6) is 11.5 Å². The molecular formula is C25H25N3O2. The number of benzene rings is 2. The zero-order chi connectivity index (χ0) is 20.3. The van der Waals surface area contributed by atoms with Gasteiger partial charge in [0.15, 0.2) is 5.75 Å². The van der Waals surface area contributed by atoms with E-state index in [2.05, 4.69) is 39.5 Å². The van der Waals surface area contributed by atoms with E-state index in [4.69, 9.17) is 4.74 Å². The van der Waals surface area contributed by atoms with E-state index in [9.17, 15) is 4.79 Å². The number of carbonyl (C=O) groups excluding carboxylic acids is 1. The first kappa shape index (κ1) is 18.8. The topological polar surface area (TPSA) is 54.5 Å². The Morgan fingerprint density at radius 3 is 2.53 bits per heavy atom. The third-order valence-electron chi connectivity index (χ3n) is 6.10. The van der Waals surface area contributed by atoms with Crippen molar-refractivity contribution in [1.29, 1.82) is 0 Å². The molecule has 1 aliphatic carbocycles. The highest BCUT2D eigenvalue weighted by atomic mass is 16.5. The Morgan fingerprint density at radius 2 is 1.77 bits per heavy atom. The van der Waals surface area contributed by atoms with Gasteiger partial charge in [-0.1, -0.05) is 36.4 Å². The molecule has 5 heteroatoms. The monoisotopic (exact) mass is 399 g/mol. The van der Waals surface area contributed by atoms with Crippen LogP contribution in [0.15, 0.2) is 73.1 Å². The molecule has 0 saturated carbocycles. The van der Waals surface area contributed by atoms with E-state index in [0.29, 0.717) is 23.2 Å². The second-order valence-corrected chi connectivity index (χ2v) is 8.00. The van der Waals surface area contributed by atoms with Gasteiger partial charge in [-0.15, -0.1) is 0 Å². The van der Waals surface area contributed by atoms with Crippen LogP contribution in [-0.2, 0) is 17.6 Å². The summed E-state index contributed by atoms with van der Waals surface area (Å²) in [6.45, 7) is 0.977. The third kappa shape index (κ3) is 3.81. The largest absolute Gasteiger partial charge is 0.454 e. The fourth-order valence-electron chi connectivity index (χ4n) is 4.69. The van der Waals surface area contributed by atoms with Crippen LogP contribution >= 0.6 is 0 Å². The number of carbonyl (C=O) groups is 1. The van der Waals surface area contributed by atoms with Gasteiger partial charge in [0.2, 0.25) is 5.91 Å². The first-order valence-electron chi connectivity index (χ1n) is 10.6. The normalized spacial score (nSPS) is 18.9. The molecule has 0 radical (unpaired) electrons. The van der Waals surface area contributed by atoms with Crippen molar-refractivity contribution >= 4 is 11.6 Å². The highest BCUT2D eigenvalue weighted by molar-refractivity contribution is 5.96. The van der Waals surface area contributed by atoms with Crippen molar-refractivity contribution in [2.45, 2.75) is 37.8 Å². The summed E-state index contributed by atoms with van der Waals surface area (Å²) in [5, 5.41) is 3.12. The van der Waals surface area contributed by atoms with Gasteiger partial charge < -0.3 is 10.1 Å². The van der Waals surface area contributed by atoms with E-state index in [1.54, 1.807) is 12.4 Å². The van der Waals surface area contributed by atoms with E-state index in [-0.39, 0.29) is 11.9 Å². The summed E-state index contributed by atoms with van der Waals surface area (Å²) < 4.78 is 5.95. The molecular weight excluding hydrogens is 374 g/mol. The molecule has 1 unspecified atom stereocenters. The van der Waals surface area contributed by atoms with E-state index in [1.807, 2.05) is 36.4 Å². The summed E-state index contributed by atoms with van der Waals surface area (Å²) in [6, 6.07) is 20.2. The molecule has 3 aromatic rings. The number of nitrogens with one attached hydrogen (secondary N) is 1. The number of hydrogen-bond donors (Lipinski definition) is 1. The predicted molar refractivity (Wildman–Crippen MR) is 117 cm³/mol. The number of amides is 1. The van der Waals surface area contributed by atoms with Gasteiger partial charge in [-0.25, -0.2) is 0 Å². The van der Waals surface area contributed by atoms with E-state index >= 15 is 0 Å². The Morgan fingerprint density at radius 1 is 1.00 bits per heavy atom. The Hall–Kier alpha value is -3.18. The molecule has 2 heterocycles. The third-order valence-corrected chi connectivity index (χ3v) is 6.10. The molecule has 2 aromatic carbocycles. The van der Waals surface area contributed by atoms with Crippen molar-refractivity contribution in [1.82, 2.24) is 9.88 Å². The molecule has 1 atom stereocenters. The lowest BCUT2D eigenvalue weighted by Crippen LogP contribution is -2.45.